The van der Waals surface area contributed by atoms with Crippen molar-refractivity contribution in [1.82, 2.24) is 0 Å². The van der Waals surface area contributed by atoms with Gasteiger partial charge < -0.3 is 10.5 Å². The Morgan fingerprint density at radius 1 is 1.20 bits per heavy atom. The zero-order valence-corrected chi connectivity index (χ0v) is 12.7. The Kier molecular flexibility index (Phi) is 5.05. The first-order valence-corrected chi connectivity index (χ1v) is 7.17. The van der Waals surface area contributed by atoms with E-state index >= 15 is 0 Å². The highest BCUT2D eigenvalue weighted by molar-refractivity contribution is 6.33. The summed E-state index contributed by atoms with van der Waals surface area (Å²) in [5.41, 5.74) is 9.00. The van der Waals surface area contributed by atoms with Crippen molar-refractivity contribution in [3.05, 3.63) is 53.1 Å². The van der Waals surface area contributed by atoms with Crippen LogP contribution < -0.4 is 10.5 Å². The second-order valence-electron chi connectivity index (χ2n) is 4.95. The Hall–Kier alpha value is -1.51. The SMILES string of the molecule is COc1cccc(-c2cc(C(C)CCN)ccc2Cl)c1. The minimum atomic E-state index is 0.432. The standard InChI is InChI=1S/C17H20ClNO/c1-12(8-9-19)13-6-7-17(18)16(11-13)14-4-3-5-15(10-14)20-2/h3-7,10-12H,8-9,19H2,1-2H3. The molecule has 2 aromatic carbocycles. The Labute approximate surface area is 125 Å². The lowest BCUT2D eigenvalue weighted by molar-refractivity contribution is 0.415. The molecule has 2 N–H and O–H groups in total. The summed E-state index contributed by atoms with van der Waals surface area (Å²) in [7, 11) is 1.67. The van der Waals surface area contributed by atoms with Gasteiger partial charge in [-0.3, -0.25) is 0 Å². The van der Waals surface area contributed by atoms with Crippen LogP contribution in [-0.4, -0.2) is 13.7 Å². The van der Waals surface area contributed by atoms with Gasteiger partial charge in [-0.05, 0) is 54.3 Å². The molecular formula is C17H20ClNO. The van der Waals surface area contributed by atoms with E-state index in [1.807, 2.05) is 30.3 Å². The maximum Gasteiger partial charge on any atom is 0.119 e. The van der Waals surface area contributed by atoms with Crippen molar-refractivity contribution in [2.75, 3.05) is 13.7 Å². The van der Waals surface area contributed by atoms with E-state index in [1.165, 1.54) is 5.56 Å². The smallest absolute Gasteiger partial charge is 0.119 e. The summed E-state index contributed by atoms with van der Waals surface area (Å²) in [4.78, 5) is 0. The topological polar surface area (TPSA) is 35.2 Å². The first-order chi connectivity index (χ1) is 9.65. The van der Waals surface area contributed by atoms with Gasteiger partial charge in [-0.1, -0.05) is 36.7 Å². The monoisotopic (exact) mass is 289 g/mol. The lowest BCUT2D eigenvalue weighted by Gasteiger charge is -2.14. The fraction of sp³-hybridized carbons (Fsp3) is 0.294. The third kappa shape index (κ3) is 3.33. The van der Waals surface area contributed by atoms with Crippen molar-refractivity contribution in [1.29, 1.82) is 0 Å². The molecule has 1 unspecified atom stereocenters. The van der Waals surface area contributed by atoms with Crippen LogP contribution in [-0.2, 0) is 0 Å². The third-order valence-electron chi connectivity index (χ3n) is 3.54. The zero-order valence-electron chi connectivity index (χ0n) is 11.9. The highest BCUT2D eigenvalue weighted by Crippen LogP contribution is 2.33. The molecule has 0 aliphatic rings. The molecule has 20 heavy (non-hydrogen) atoms. The molecular weight excluding hydrogens is 270 g/mol. The van der Waals surface area contributed by atoms with Crippen LogP contribution in [0.5, 0.6) is 5.75 Å². The molecule has 0 heterocycles. The number of methoxy groups -OCH3 is 1. The number of nitrogens with two attached hydrogens (primary N) is 1. The summed E-state index contributed by atoms with van der Waals surface area (Å²) < 4.78 is 5.27. The predicted octanol–water partition coefficient (Wildman–Crippen LogP) is 4.47. The fourth-order valence-corrected chi connectivity index (χ4v) is 2.50. The van der Waals surface area contributed by atoms with E-state index in [1.54, 1.807) is 7.11 Å². The molecule has 2 aromatic rings. The fourth-order valence-electron chi connectivity index (χ4n) is 2.28. The Morgan fingerprint density at radius 2 is 2.00 bits per heavy atom. The maximum absolute atomic E-state index is 6.34. The number of halogens is 1. The van der Waals surface area contributed by atoms with E-state index in [4.69, 9.17) is 22.1 Å². The van der Waals surface area contributed by atoms with Crippen LogP contribution in [0.15, 0.2) is 42.5 Å². The Morgan fingerprint density at radius 3 is 2.70 bits per heavy atom. The van der Waals surface area contributed by atoms with Gasteiger partial charge in [-0.2, -0.15) is 0 Å². The first kappa shape index (κ1) is 14.9. The average Bonchev–Trinajstić information content (AvgIpc) is 2.48. The molecule has 0 aliphatic heterocycles. The van der Waals surface area contributed by atoms with E-state index in [0.717, 1.165) is 28.3 Å². The van der Waals surface area contributed by atoms with Gasteiger partial charge in [-0.15, -0.1) is 0 Å². The van der Waals surface area contributed by atoms with Crippen LogP contribution in [0.2, 0.25) is 5.02 Å². The minimum Gasteiger partial charge on any atom is -0.497 e. The van der Waals surface area contributed by atoms with Gasteiger partial charge in [-0.25, -0.2) is 0 Å². The minimum absolute atomic E-state index is 0.432. The molecule has 106 valence electrons. The second-order valence-corrected chi connectivity index (χ2v) is 5.36. The van der Waals surface area contributed by atoms with Gasteiger partial charge in [0.05, 0.1) is 7.11 Å². The average molecular weight is 290 g/mol. The molecule has 0 spiro atoms. The van der Waals surface area contributed by atoms with Gasteiger partial charge in [0, 0.05) is 10.6 Å². The highest BCUT2D eigenvalue weighted by Gasteiger charge is 2.10. The number of rotatable bonds is 5. The molecule has 0 aliphatic carbocycles. The molecule has 0 fully saturated rings. The van der Waals surface area contributed by atoms with Crippen LogP contribution in [0.4, 0.5) is 0 Å². The summed E-state index contributed by atoms with van der Waals surface area (Å²) in [6.07, 6.45) is 0.971. The Bertz CT molecular complexity index is 583. The van der Waals surface area contributed by atoms with Crippen LogP contribution >= 0.6 is 11.6 Å². The second kappa shape index (κ2) is 6.78. The summed E-state index contributed by atoms with van der Waals surface area (Å²) in [6.45, 7) is 2.88. The van der Waals surface area contributed by atoms with Crippen molar-refractivity contribution in [3.8, 4) is 16.9 Å². The van der Waals surface area contributed by atoms with E-state index in [-0.39, 0.29) is 0 Å². The van der Waals surface area contributed by atoms with Crippen LogP contribution in [0.25, 0.3) is 11.1 Å². The normalized spacial score (nSPS) is 12.2. The number of benzene rings is 2. The lowest BCUT2D eigenvalue weighted by atomic mass is 9.94. The highest BCUT2D eigenvalue weighted by atomic mass is 35.5. The molecule has 0 saturated carbocycles. The van der Waals surface area contributed by atoms with E-state index in [9.17, 15) is 0 Å². The van der Waals surface area contributed by atoms with E-state index in [0.29, 0.717) is 12.5 Å². The number of hydrogen-bond donors (Lipinski definition) is 1. The van der Waals surface area contributed by atoms with Crippen LogP contribution in [0.3, 0.4) is 0 Å². The third-order valence-corrected chi connectivity index (χ3v) is 3.87. The Balaban J connectivity index is 2.41. The maximum atomic E-state index is 6.34. The van der Waals surface area contributed by atoms with Gasteiger partial charge in [0.15, 0.2) is 0 Å². The molecule has 0 radical (unpaired) electrons. The van der Waals surface area contributed by atoms with Crippen molar-refractivity contribution in [2.24, 2.45) is 5.73 Å². The lowest BCUT2D eigenvalue weighted by Crippen LogP contribution is -2.04. The van der Waals surface area contributed by atoms with Crippen molar-refractivity contribution < 1.29 is 4.74 Å². The quantitative estimate of drug-likeness (QED) is 0.881. The molecule has 0 amide bonds. The van der Waals surface area contributed by atoms with Gasteiger partial charge >= 0.3 is 0 Å². The van der Waals surface area contributed by atoms with Crippen LogP contribution in [0, 0.1) is 0 Å². The van der Waals surface area contributed by atoms with Gasteiger partial charge in [0.25, 0.3) is 0 Å². The summed E-state index contributed by atoms with van der Waals surface area (Å²) in [5, 5.41) is 0.752. The van der Waals surface area contributed by atoms with Crippen LogP contribution in [0.1, 0.15) is 24.8 Å². The predicted molar refractivity (Wildman–Crippen MR) is 85.5 cm³/mol. The van der Waals surface area contributed by atoms with Crippen molar-refractivity contribution in [3.63, 3.8) is 0 Å². The summed E-state index contributed by atoms with van der Waals surface area (Å²) in [6, 6.07) is 14.1. The zero-order chi connectivity index (χ0) is 14.5. The van der Waals surface area contributed by atoms with E-state index < -0.39 is 0 Å². The summed E-state index contributed by atoms with van der Waals surface area (Å²) in [5.74, 6) is 1.26. The molecule has 1 atom stereocenters. The van der Waals surface area contributed by atoms with Crippen molar-refractivity contribution >= 4 is 11.6 Å². The summed E-state index contributed by atoms with van der Waals surface area (Å²) >= 11 is 6.34. The number of hydrogen-bond acceptors (Lipinski definition) is 2. The molecule has 0 saturated heterocycles. The van der Waals surface area contributed by atoms with Gasteiger partial charge in [0.2, 0.25) is 0 Å². The molecule has 3 heteroatoms. The molecule has 0 bridgehead atoms. The largest absolute Gasteiger partial charge is 0.497 e. The van der Waals surface area contributed by atoms with Crippen molar-refractivity contribution in [2.45, 2.75) is 19.3 Å². The number of ether oxygens (including phenoxy) is 1. The molecule has 2 nitrogen and oxygen atoms in total. The van der Waals surface area contributed by atoms with Gasteiger partial charge in [0.1, 0.15) is 5.75 Å². The first-order valence-electron chi connectivity index (χ1n) is 6.79. The van der Waals surface area contributed by atoms with E-state index in [2.05, 4.69) is 19.1 Å². The molecule has 0 aromatic heterocycles. The molecule has 2 rings (SSSR count).